The summed E-state index contributed by atoms with van der Waals surface area (Å²) < 4.78 is 34.1. The third kappa shape index (κ3) is 6.02. The summed E-state index contributed by atoms with van der Waals surface area (Å²) in [6.45, 7) is 4.71. The highest BCUT2D eigenvalue weighted by atomic mass is 19.1. The van der Waals surface area contributed by atoms with E-state index in [1.165, 1.54) is 0 Å². The van der Waals surface area contributed by atoms with E-state index >= 15 is 4.39 Å². The Morgan fingerprint density at radius 2 is 1.89 bits per heavy atom. The molecule has 38 heavy (non-hydrogen) atoms. The fraction of sp³-hybridized carbons (Fsp3) is 0.406. The van der Waals surface area contributed by atoms with Crippen LogP contribution in [0.4, 0.5) is 4.39 Å². The van der Waals surface area contributed by atoms with Crippen LogP contribution >= 0.6 is 0 Å². The van der Waals surface area contributed by atoms with Crippen LogP contribution in [0.2, 0.25) is 0 Å². The number of ether oxygens (including phenoxy) is 3. The molecule has 0 saturated heterocycles. The van der Waals surface area contributed by atoms with Gasteiger partial charge in [0.15, 0.2) is 5.67 Å². The summed E-state index contributed by atoms with van der Waals surface area (Å²) in [7, 11) is 3.17. The number of allylic oxidation sites excluding steroid dienone is 4. The first-order valence-electron chi connectivity index (χ1n) is 13.0. The lowest BCUT2D eigenvalue weighted by Gasteiger charge is -2.40. The second kappa shape index (κ2) is 11.6. The van der Waals surface area contributed by atoms with Gasteiger partial charge in [0.25, 0.3) is 0 Å². The number of hydrogen-bond donors (Lipinski definition) is 1. The van der Waals surface area contributed by atoms with Gasteiger partial charge in [0.1, 0.15) is 18.1 Å². The molecular formula is C32H37FO5. The van der Waals surface area contributed by atoms with Crippen molar-refractivity contribution in [2.24, 2.45) is 5.41 Å². The fourth-order valence-electron chi connectivity index (χ4n) is 5.66. The van der Waals surface area contributed by atoms with Gasteiger partial charge < -0.3 is 19.3 Å². The van der Waals surface area contributed by atoms with E-state index in [0.29, 0.717) is 18.1 Å². The number of halogens is 1. The maximum absolute atomic E-state index is 17.3. The molecule has 202 valence electrons. The Morgan fingerprint density at radius 3 is 2.58 bits per heavy atom. The molecule has 4 rings (SSSR count). The highest BCUT2D eigenvalue weighted by Crippen LogP contribution is 2.53. The van der Waals surface area contributed by atoms with Crippen molar-refractivity contribution in [1.29, 1.82) is 0 Å². The van der Waals surface area contributed by atoms with E-state index in [-0.39, 0.29) is 24.4 Å². The summed E-state index contributed by atoms with van der Waals surface area (Å²) in [4.78, 5) is 11.3. The number of carboxylic acid groups (broad SMARTS) is 1. The van der Waals surface area contributed by atoms with Crippen molar-refractivity contribution >= 4 is 5.97 Å². The molecule has 1 N–H and O–H groups in total. The molecule has 0 aliphatic heterocycles. The van der Waals surface area contributed by atoms with Gasteiger partial charge in [-0.2, -0.15) is 0 Å². The first-order valence-corrected chi connectivity index (χ1v) is 13.0. The lowest BCUT2D eigenvalue weighted by Crippen LogP contribution is -2.38. The van der Waals surface area contributed by atoms with Crippen molar-refractivity contribution < 1.29 is 28.5 Å². The van der Waals surface area contributed by atoms with Crippen molar-refractivity contribution in [3.8, 4) is 11.5 Å². The maximum atomic E-state index is 17.3. The van der Waals surface area contributed by atoms with Crippen molar-refractivity contribution in [1.82, 2.24) is 0 Å². The van der Waals surface area contributed by atoms with Gasteiger partial charge in [0.2, 0.25) is 0 Å². The van der Waals surface area contributed by atoms with Gasteiger partial charge in [0, 0.05) is 18.9 Å². The van der Waals surface area contributed by atoms with Gasteiger partial charge in [-0.15, -0.1) is 0 Å². The highest BCUT2D eigenvalue weighted by molar-refractivity contribution is 5.68. The van der Waals surface area contributed by atoms with Crippen LogP contribution in [0.15, 0.2) is 84.0 Å². The van der Waals surface area contributed by atoms with Gasteiger partial charge in [-0.1, -0.05) is 56.3 Å². The van der Waals surface area contributed by atoms with Crippen LogP contribution in [0.25, 0.3) is 0 Å². The van der Waals surface area contributed by atoms with E-state index in [9.17, 15) is 9.90 Å². The molecule has 5 nitrogen and oxygen atoms in total. The lowest BCUT2D eigenvalue weighted by atomic mass is 9.68. The second-order valence-corrected chi connectivity index (χ2v) is 10.8. The van der Waals surface area contributed by atoms with Crippen molar-refractivity contribution in [2.75, 3.05) is 27.4 Å². The molecule has 2 aliphatic carbocycles. The molecule has 0 spiro atoms. The Kier molecular flexibility index (Phi) is 8.41. The summed E-state index contributed by atoms with van der Waals surface area (Å²) in [5.74, 6) is -0.355. The fourth-order valence-corrected chi connectivity index (χ4v) is 5.66. The monoisotopic (exact) mass is 520 g/mol. The number of methoxy groups -OCH3 is 2. The minimum Gasteiger partial charge on any atom is -0.497 e. The minimum absolute atomic E-state index is 0.0356. The van der Waals surface area contributed by atoms with Crippen LogP contribution in [-0.2, 0) is 9.53 Å². The van der Waals surface area contributed by atoms with Crippen LogP contribution in [0.3, 0.4) is 0 Å². The summed E-state index contributed by atoms with van der Waals surface area (Å²) in [5, 5.41) is 9.27. The summed E-state index contributed by atoms with van der Waals surface area (Å²) >= 11 is 0. The van der Waals surface area contributed by atoms with Crippen molar-refractivity contribution in [2.45, 2.75) is 50.6 Å². The zero-order chi connectivity index (χ0) is 27.3. The Labute approximate surface area is 224 Å². The standard InChI is InChI=1S/C32H37FO5/c1-31(2)15-7-12-29(31)32(33)19-22(13-14-28(32)24-9-6-10-26(17-24)37-4)20-38-27-11-5-8-23(16-27)25(21-36-3)18-30(34)35/h5-6,8-14,16-17,19,25,28H,7,15,18,20-21H2,1-4H3,(H,34,35)/t25-,28?,32?/m1/s1. The largest absolute Gasteiger partial charge is 0.497 e. The zero-order valence-electron chi connectivity index (χ0n) is 22.6. The van der Waals surface area contributed by atoms with E-state index in [4.69, 9.17) is 14.2 Å². The Hall–Kier alpha value is -3.38. The first kappa shape index (κ1) is 27.6. The normalized spacial score (nSPS) is 22.9. The van der Waals surface area contributed by atoms with E-state index in [1.54, 1.807) is 20.3 Å². The number of aliphatic carboxylic acids is 1. The van der Waals surface area contributed by atoms with Gasteiger partial charge in [-0.25, -0.2) is 4.39 Å². The summed E-state index contributed by atoms with van der Waals surface area (Å²) in [5.41, 5.74) is 1.28. The third-order valence-corrected chi connectivity index (χ3v) is 7.59. The Balaban J connectivity index is 1.60. The van der Waals surface area contributed by atoms with Crippen molar-refractivity contribution in [3.05, 3.63) is 95.1 Å². The van der Waals surface area contributed by atoms with E-state index in [1.807, 2.05) is 60.7 Å². The van der Waals surface area contributed by atoms with E-state index in [0.717, 1.165) is 35.1 Å². The number of carbonyl (C=O) groups is 1. The predicted octanol–water partition coefficient (Wildman–Crippen LogP) is 7.01. The average Bonchev–Trinajstić information content (AvgIpc) is 3.27. The molecule has 0 amide bonds. The van der Waals surface area contributed by atoms with Crippen molar-refractivity contribution in [3.63, 3.8) is 0 Å². The van der Waals surface area contributed by atoms with Crippen LogP contribution in [0.1, 0.15) is 56.1 Å². The first-order chi connectivity index (χ1) is 18.2. The van der Waals surface area contributed by atoms with Crippen LogP contribution < -0.4 is 9.47 Å². The minimum atomic E-state index is -1.70. The molecule has 0 bridgehead atoms. The highest BCUT2D eigenvalue weighted by Gasteiger charge is 2.48. The number of carboxylic acids is 1. The lowest BCUT2D eigenvalue weighted by molar-refractivity contribution is -0.137. The van der Waals surface area contributed by atoms with E-state index < -0.39 is 17.6 Å². The molecular weight excluding hydrogens is 483 g/mol. The third-order valence-electron chi connectivity index (χ3n) is 7.59. The Morgan fingerprint density at radius 1 is 1.13 bits per heavy atom. The van der Waals surface area contributed by atoms with Crippen LogP contribution in [-0.4, -0.2) is 44.2 Å². The molecule has 2 aromatic carbocycles. The molecule has 2 unspecified atom stereocenters. The van der Waals surface area contributed by atoms with Gasteiger partial charge in [-0.3, -0.25) is 4.79 Å². The average molecular weight is 521 g/mol. The molecule has 0 fully saturated rings. The van der Waals surface area contributed by atoms with Gasteiger partial charge in [-0.05, 0) is 70.9 Å². The molecule has 0 saturated carbocycles. The maximum Gasteiger partial charge on any atom is 0.304 e. The van der Waals surface area contributed by atoms with Gasteiger partial charge in [0.05, 0.1) is 20.1 Å². The SMILES string of the molecule is COC[C@@H](CC(=O)O)c1cccc(OCC2=CC(F)(C3=CCCC3(C)C)C(c3cccc(OC)c3)C=C2)c1. The van der Waals surface area contributed by atoms with Gasteiger partial charge >= 0.3 is 5.97 Å². The molecule has 6 heteroatoms. The van der Waals surface area contributed by atoms with Crippen LogP contribution in [0.5, 0.6) is 11.5 Å². The zero-order valence-corrected chi connectivity index (χ0v) is 22.6. The van der Waals surface area contributed by atoms with Crippen LogP contribution in [0, 0.1) is 5.41 Å². The summed E-state index contributed by atoms with van der Waals surface area (Å²) in [6, 6.07) is 15.0. The molecule has 0 aromatic heterocycles. The summed E-state index contributed by atoms with van der Waals surface area (Å²) in [6.07, 6.45) is 9.38. The molecule has 0 heterocycles. The molecule has 3 atom stereocenters. The number of rotatable bonds is 11. The Bertz CT molecular complexity index is 1240. The molecule has 2 aliphatic rings. The van der Waals surface area contributed by atoms with E-state index in [2.05, 4.69) is 19.9 Å². The number of hydrogen-bond acceptors (Lipinski definition) is 4. The smallest absolute Gasteiger partial charge is 0.304 e. The predicted molar refractivity (Wildman–Crippen MR) is 147 cm³/mol. The quantitative estimate of drug-likeness (QED) is 0.323. The number of alkyl halides is 1. The number of benzene rings is 2. The molecule has 2 aromatic rings. The molecule has 0 radical (unpaired) electrons. The topological polar surface area (TPSA) is 65.0 Å². The second-order valence-electron chi connectivity index (χ2n) is 10.8.